The second-order valence-corrected chi connectivity index (χ2v) is 5.44. The molecule has 18 heavy (non-hydrogen) atoms. The van der Waals surface area contributed by atoms with Crippen LogP contribution < -0.4 is 4.74 Å². The Morgan fingerprint density at radius 2 is 1.83 bits per heavy atom. The van der Waals surface area contributed by atoms with Crippen LogP contribution >= 0.6 is 0 Å². The topological polar surface area (TPSA) is 46.5 Å². The molecule has 1 aliphatic rings. The van der Waals surface area contributed by atoms with Gasteiger partial charge < -0.3 is 9.84 Å². The second-order valence-electron chi connectivity index (χ2n) is 5.44. The maximum Gasteiger partial charge on any atom is 0.348 e. The van der Waals surface area contributed by atoms with Gasteiger partial charge in [0.1, 0.15) is 5.75 Å². The summed E-state index contributed by atoms with van der Waals surface area (Å²) in [4.78, 5) is 11.5. The molecule has 0 bridgehead atoms. The van der Waals surface area contributed by atoms with E-state index < -0.39 is 11.6 Å². The summed E-state index contributed by atoms with van der Waals surface area (Å²) in [7, 11) is 0. The highest BCUT2D eigenvalue weighted by Crippen LogP contribution is 2.43. The third-order valence-electron chi connectivity index (χ3n) is 3.97. The van der Waals surface area contributed by atoms with E-state index in [0.717, 1.165) is 35.3 Å². The van der Waals surface area contributed by atoms with Crippen LogP contribution in [0.2, 0.25) is 0 Å². The summed E-state index contributed by atoms with van der Waals surface area (Å²) in [6, 6.07) is 4.01. The summed E-state index contributed by atoms with van der Waals surface area (Å²) in [5, 5.41) is 9.43. The molecule has 1 saturated carbocycles. The molecule has 0 spiro atoms. The minimum absolute atomic E-state index is 0.134. The third-order valence-corrected chi connectivity index (χ3v) is 3.97. The predicted octanol–water partition coefficient (Wildman–Crippen LogP) is 3.24. The lowest BCUT2D eigenvalue weighted by Crippen LogP contribution is -2.44. The normalized spacial score (nSPS) is 18.2. The number of benzene rings is 1. The van der Waals surface area contributed by atoms with Crippen molar-refractivity contribution in [1.82, 2.24) is 0 Å². The number of carboxylic acid groups (broad SMARTS) is 1. The van der Waals surface area contributed by atoms with Crippen molar-refractivity contribution in [2.45, 2.75) is 46.1 Å². The van der Waals surface area contributed by atoms with Crippen molar-refractivity contribution in [2.24, 2.45) is 5.92 Å². The highest BCUT2D eigenvalue weighted by molar-refractivity contribution is 5.78. The maximum atomic E-state index is 11.5. The van der Waals surface area contributed by atoms with Crippen LogP contribution in [0.5, 0.6) is 5.75 Å². The van der Waals surface area contributed by atoms with Gasteiger partial charge in [0.15, 0.2) is 0 Å². The molecule has 1 unspecified atom stereocenters. The van der Waals surface area contributed by atoms with Crippen molar-refractivity contribution in [3.8, 4) is 5.75 Å². The van der Waals surface area contributed by atoms with E-state index in [4.69, 9.17) is 4.74 Å². The van der Waals surface area contributed by atoms with Crippen molar-refractivity contribution in [2.75, 3.05) is 0 Å². The van der Waals surface area contributed by atoms with E-state index in [-0.39, 0.29) is 5.92 Å². The minimum Gasteiger partial charge on any atom is -0.478 e. The van der Waals surface area contributed by atoms with Crippen LogP contribution in [0.4, 0.5) is 0 Å². The predicted molar refractivity (Wildman–Crippen MR) is 70.0 cm³/mol. The Balaban J connectivity index is 2.38. The Morgan fingerprint density at radius 1 is 1.28 bits per heavy atom. The fourth-order valence-corrected chi connectivity index (χ4v) is 2.23. The van der Waals surface area contributed by atoms with E-state index in [1.807, 2.05) is 32.9 Å². The van der Waals surface area contributed by atoms with Gasteiger partial charge in [-0.15, -0.1) is 0 Å². The molecule has 1 aromatic rings. The van der Waals surface area contributed by atoms with Gasteiger partial charge in [-0.1, -0.05) is 12.1 Å². The molecule has 1 fully saturated rings. The molecule has 1 aromatic carbocycles. The highest BCUT2D eigenvalue weighted by Gasteiger charge is 2.50. The number of ether oxygens (including phenoxy) is 1. The molecule has 1 N–H and O–H groups in total. The Labute approximate surface area is 108 Å². The zero-order valence-corrected chi connectivity index (χ0v) is 11.4. The molecular weight excluding hydrogens is 228 g/mol. The van der Waals surface area contributed by atoms with Crippen LogP contribution in [0.15, 0.2) is 12.1 Å². The molecule has 98 valence electrons. The first-order valence-corrected chi connectivity index (χ1v) is 6.35. The lowest BCUT2D eigenvalue weighted by atomic mass is 9.99. The molecule has 1 aliphatic carbocycles. The van der Waals surface area contributed by atoms with Gasteiger partial charge in [0.05, 0.1) is 0 Å². The van der Waals surface area contributed by atoms with Gasteiger partial charge in [0, 0.05) is 5.92 Å². The third kappa shape index (κ3) is 2.09. The first-order chi connectivity index (χ1) is 8.36. The quantitative estimate of drug-likeness (QED) is 0.889. The van der Waals surface area contributed by atoms with Crippen molar-refractivity contribution in [3.63, 3.8) is 0 Å². The summed E-state index contributed by atoms with van der Waals surface area (Å²) in [6.45, 7) is 7.63. The van der Waals surface area contributed by atoms with Crippen LogP contribution in [0, 0.1) is 26.7 Å². The minimum atomic E-state index is -1.09. The summed E-state index contributed by atoms with van der Waals surface area (Å²) in [6.07, 6.45) is 1.87. The Morgan fingerprint density at radius 3 is 2.33 bits per heavy atom. The van der Waals surface area contributed by atoms with E-state index in [9.17, 15) is 9.90 Å². The number of hydrogen-bond acceptors (Lipinski definition) is 2. The lowest BCUT2D eigenvalue weighted by Gasteiger charge is -2.28. The number of hydrogen-bond donors (Lipinski definition) is 1. The summed E-state index contributed by atoms with van der Waals surface area (Å²) in [5.41, 5.74) is 2.05. The first-order valence-electron chi connectivity index (χ1n) is 6.35. The van der Waals surface area contributed by atoms with Crippen molar-refractivity contribution >= 4 is 5.97 Å². The highest BCUT2D eigenvalue weighted by atomic mass is 16.5. The zero-order valence-electron chi connectivity index (χ0n) is 11.4. The lowest BCUT2D eigenvalue weighted by molar-refractivity contribution is -0.155. The number of carboxylic acids is 1. The van der Waals surface area contributed by atoms with Crippen molar-refractivity contribution in [3.05, 3.63) is 28.8 Å². The summed E-state index contributed by atoms with van der Waals surface area (Å²) in [5.74, 6) is -0.00795. The van der Waals surface area contributed by atoms with E-state index in [1.54, 1.807) is 6.92 Å². The summed E-state index contributed by atoms with van der Waals surface area (Å²) >= 11 is 0. The second kappa shape index (κ2) is 4.30. The van der Waals surface area contributed by atoms with Gasteiger partial charge in [0.2, 0.25) is 5.60 Å². The van der Waals surface area contributed by atoms with E-state index in [2.05, 4.69) is 0 Å². The molecule has 3 heteroatoms. The Bertz CT molecular complexity index is 489. The monoisotopic (exact) mass is 248 g/mol. The van der Waals surface area contributed by atoms with E-state index >= 15 is 0 Å². The van der Waals surface area contributed by atoms with Gasteiger partial charge >= 0.3 is 5.97 Å². The SMILES string of the molecule is Cc1ccc(C)c(OC(C)(C(=O)O)C2CC2)c1C. The average Bonchev–Trinajstić information content (AvgIpc) is 3.13. The smallest absolute Gasteiger partial charge is 0.348 e. The number of carbonyl (C=O) groups is 1. The molecule has 0 aliphatic heterocycles. The van der Waals surface area contributed by atoms with Gasteiger partial charge in [-0.05, 0) is 57.2 Å². The molecule has 3 nitrogen and oxygen atoms in total. The molecule has 2 rings (SSSR count). The van der Waals surface area contributed by atoms with Crippen LogP contribution in [-0.2, 0) is 4.79 Å². The molecule has 0 heterocycles. The van der Waals surface area contributed by atoms with Crippen LogP contribution in [0.25, 0.3) is 0 Å². The van der Waals surface area contributed by atoms with Crippen LogP contribution in [-0.4, -0.2) is 16.7 Å². The van der Waals surface area contributed by atoms with Crippen LogP contribution in [0.3, 0.4) is 0 Å². The number of rotatable bonds is 4. The fourth-order valence-electron chi connectivity index (χ4n) is 2.23. The standard InChI is InChI=1S/C15H20O3/c1-9-5-6-10(2)13(11(9)3)18-15(4,14(16)17)12-7-8-12/h5-6,12H,7-8H2,1-4H3,(H,16,17). The maximum absolute atomic E-state index is 11.5. The first kappa shape index (κ1) is 12.9. The molecule has 0 aromatic heterocycles. The molecule has 1 atom stereocenters. The Kier molecular flexibility index (Phi) is 3.09. The van der Waals surface area contributed by atoms with E-state index in [1.165, 1.54) is 0 Å². The molecular formula is C15H20O3. The zero-order chi connectivity index (χ0) is 13.5. The van der Waals surface area contributed by atoms with E-state index in [0.29, 0.717) is 0 Å². The molecule has 0 radical (unpaired) electrons. The Hall–Kier alpha value is -1.51. The number of aryl methyl sites for hydroxylation is 2. The fraction of sp³-hybridized carbons (Fsp3) is 0.533. The summed E-state index contributed by atoms with van der Waals surface area (Å²) < 4.78 is 5.93. The number of aliphatic carboxylic acids is 1. The largest absolute Gasteiger partial charge is 0.478 e. The van der Waals surface area contributed by atoms with Crippen molar-refractivity contribution in [1.29, 1.82) is 0 Å². The van der Waals surface area contributed by atoms with Gasteiger partial charge in [-0.3, -0.25) is 0 Å². The van der Waals surface area contributed by atoms with Crippen molar-refractivity contribution < 1.29 is 14.6 Å². The molecule has 0 amide bonds. The molecule has 0 saturated heterocycles. The van der Waals surface area contributed by atoms with Gasteiger partial charge in [-0.25, -0.2) is 4.79 Å². The average molecular weight is 248 g/mol. The van der Waals surface area contributed by atoms with Gasteiger partial charge in [0.25, 0.3) is 0 Å². The van der Waals surface area contributed by atoms with Crippen LogP contribution in [0.1, 0.15) is 36.5 Å². The van der Waals surface area contributed by atoms with Gasteiger partial charge in [-0.2, -0.15) is 0 Å².